The van der Waals surface area contributed by atoms with Crippen molar-refractivity contribution in [2.24, 2.45) is 0 Å². The van der Waals surface area contributed by atoms with Crippen molar-refractivity contribution in [3.63, 3.8) is 0 Å². The molecule has 3 aromatic carbocycles. The maximum Gasteiger partial charge on any atom is 0.573 e. The molecule has 0 fully saturated rings. The number of ether oxygens (including phenoxy) is 3. The summed E-state index contributed by atoms with van der Waals surface area (Å²) in [5, 5.41) is 6.90. The summed E-state index contributed by atoms with van der Waals surface area (Å²) in [7, 11) is 1.54. The van der Waals surface area contributed by atoms with E-state index in [1.807, 2.05) is 0 Å². The Balaban J connectivity index is 1.58. The molecule has 0 aliphatic carbocycles. The lowest BCUT2D eigenvalue weighted by Crippen LogP contribution is -2.19. The van der Waals surface area contributed by atoms with Gasteiger partial charge in [-0.3, -0.25) is 0 Å². The zero-order chi connectivity index (χ0) is 22.4. The molecule has 2 N–H and O–H groups in total. The lowest BCUT2D eigenvalue weighted by molar-refractivity contribution is -0.274. The van der Waals surface area contributed by atoms with Gasteiger partial charge >= 0.3 is 6.36 Å². The van der Waals surface area contributed by atoms with Crippen molar-refractivity contribution in [2.75, 3.05) is 17.7 Å². The monoisotopic (exact) mass is 468 g/mol. The van der Waals surface area contributed by atoms with Gasteiger partial charge < -0.3 is 24.8 Å². The Bertz CT molecular complexity index is 1050. The first-order chi connectivity index (χ1) is 14.7. The molecule has 162 valence electrons. The molecule has 0 unspecified atom stereocenters. The summed E-state index contributed by atoms with van der Waals surface area (Å²) in [6.07, 6.45) is -4.74. The number of thiocarbonyl (C=S) groups is 1. The van der Waals surface area contributed by atoms with Crippen LogP contribution in [0.4, 0.5) is 24.5 Å². The fourth-order valence-electron chi connectivity index (χ4n) is 2.51. The van der Waals surface area contributed by atoms with Gasteiger partial charge in [0.1, 0.15) is 23.0 Å². The minimum Gasteiger partial charge on any atom is -0.495 e. The molecule has 3 rings (SSSR count). The minimum absolute atomic E-state index is 0.322. The summed E-state index contributed by atoms with van der Waals surface area (Å²) < 4.78 is 51.3. The highest BCUT2D eigenvalue weighted by atomic mass is 35.5. The zero-order valence-electron chi connectivity index (χ0n) is 16.0. The van der Waals surface area contributed by atoms with Gasteiger partial charge in [-0.2, -0.15) is 0 Å². The van der Waals surface area contributed by atoms with Gasteiger partial charge in [-0.25, -0.2) is 0 Å². The Hall–Kier alpha value is -3.17. The Kier molecular flexibility index (Phi) is 7.09. The second-order valence-corrected chi connectivity index (χ2v) is 6.91. The highest BCUT2D eigenvalue weighted by Gasteiger charge is 2.30. The highest BCUT2D eigenvalue weighted by molar-refractivity contribution is 7.80. The van der Waals surface area contributed by atoms with Crippen LogP contribution in [0.2, 0.25) is 5.02 Å². The molecule has 10 heteroatoms. The molecule has 0 amide bonds. The lowest BCUT2D eigenvalue weighted by Gasteiger charge is -2.14. The van der Waals surface area contributed by atoms with Crippen LogP contribution in [0.1, 0.15) is 0 Å². The van der Waals surface area contributed by atoms with Crippen molar-refractivity contribution in [3.8, 4) is 23.0 Å². The zero-order valence-corrected chi connectivity index (χ0v) is 17.6. The largest absolute Gasteiger partial charge is 0.573 e. The van der Waals surface area contributed by atoms with Crippen LogP contribution in [-0.4, -0.2) is 18.6 Å². The Morgan fingerprint density at radius 2 is 1.45 bits per heavy atom. The number of nitrogens with one attached hydrogen (secondary N) is 2. The van der Waals surface area contributed by atoms with Gasteiger partial charge in [-0.1, -0.05) is 11.6 Å². The molecule has 0 spiro atoms. The molecular weight excluding hydrogens is 453 g/mol. The van der Waals surface area contributed by atoms with Crippen LogP contribution in [0.5, 0.6) is 23.0 Å². The van der Waals surface area contributed by atoms with E-state index in [1.54, 1.807) is 49.6 Å². The van der Waals surface area contributed by atoms with Gasteiger partial charge in [0.15, 0.2) is 5.11 Å². The van der Waals surface area contributed by atoms with Gasteiger partial charge in [0.05, 0.1) is 12.8 Å². The molecule has 5 nitrogen and oxygen atoms in total. The first-order valence-electron chi connectivity index (χ1n) is 8.77. The van der Waals surface area contributed by atoms with Crippen molar-refractivity contribution < 1.29 is 27.4 Å². The predicted octanol–water partition coefficient (Wildman–Crippen LogP) is 6.85. The van der Waals surface area contributed by atoms with Gasteiger partial charge in [-0.15, -0.1) is 13.2 Å². The summed E-state index contributed by atoms with van der Waals surface area (Å²) >= 11 is 11.3. The van der Waals surface area contributed by atoms with Crippen molar-refractivity contribution >= 4 is 40.3 Å². The molecular formula is C21H16ClF3N2O3S. The second kappa shape index (κ2) is 9.76. The van der Waals surface area contributed by atoms with Crippen LogP contribution >= 0.6 is 23.8 Å². The smallest absolute Gasteiger partial charge is 0.495 e. The van der Waals surface area contributed by atoms with E-state index in [1.165, 1.54) is 24.3 Å². The third-order valence-electron chi connectivity index (χ3n) is 3.81. The molecule has 31 heavy (non-hydrogen) atoms. The number of rotatable bonds is 6. The van der Waals surface area contributed by atoms with Crippen LogP contribution in [-0.2, 0) is 0 Å². The molecule has 0 aliphatic rings. The molecule has 0 aromatic heterocycles. The molecule has 0 atom stereocenters. The van der Waals surface area contributed by atoms with Crippen LogP contribution in [0.25, 0.3) is 0 Å². The number of methoxy groups -OCH3 is 1. The van der Waals surface area contributed by atoms with Gasteiger partial charge in [0.2, 0.25) is 0 Å². The lowest BCUT2D eigenvalue weighted by atomic mass is 10.3. The normalized spacial score (nSPS) is 10.9. The van der Waals surface area contributed by atoms with Crippen molar-refractivity contribution in [1.29, 1.82) is 0 Å². The van der Waals surface area contributed by atoms with E-state index in [4.69, 9.17) is 33.3 Å². The van der Waals surface area contributed by atoms with E-state index < -0.39 is 6.36 Å². The van der Waals surface area contributed by atoms with E-state index >= 15 is 0 Å². The average Bonchev–Trinajstić information content (AvgIpc) is 2.70. The molecule has 0 saturated carbocycles. The van der Waals surface area contributed by atoms with Crippen molar-refractivity contribution in [1.82, 2.24) is 0 Å². The third kappa shape index (κ3) is 6.94. The van der Waals surface area contributed by atoms with E-state index in [9.17, 15) is 13.2 Å². The molecule has 0 radical (unpaired) electrons. The number of hydrogen-bond acceptors (Lipinski definition) is 4. The maximum atomic E-state index is 12.2. The van der Waals surface area contributed by atoms with Gasteiger partial charge in [0, 0.05) is 10.7 Å². The average molecular weight is 469 g/mol. The standard InChI is InChI=1S/C21H16ClF3N2O3S/c1-28-19-11-2-13(22)12-18(19)27-20(31)26-14-3-5-15(6-4-14)29-16-7-9-17(10-8-16)30-21(23,24)25/h2-12H,1H3,(H2,26,27,31). The molecule has 0 saturated heterocycles. The fraction of sp³-hybridized carbons (Fsp3) is 0.0952. The van der Waals surface area contributed by atoms with E-state index in [0.717, 1.165) is 0 Å². The maximum absolute atomic E-state index is 12.2. The number of hydrogen-bond donors (Lipinski definition) is 2. The van der Waals surface area contributed by atoms with Crippen LogP contribution in [0.15, 0.2) is 66.7 Å². The fourth-order valence-corrected chi connectivity index (χ4v) is 2.91. The van der Waals surface area contributed by atoms with Gasteiger partial charge in [0.25, 0.3) is 0 Å². The number of halogens is 4. The minimum atomic E-state index is -4.74. The number of anilines is 2. The highest BCUT2D eigenvalue weighted by Crippen LogP contribution is 2.29. The predicted molar refractivity (Wildman–Crippen MR) is 117 cm³/mol. The SMILES string of the molecule is COc1ccc(Cl)cc1NC(=S)Nc1ccc(Oc2ccc(OC(F)(F)F)cc2)cc1. The summed E-state index contributed by atoms with van der Waals surface area (Å²) in [6.45, 7) is 0. The first kappa shape index (κ1) is 22.5. The van der Waals surface area contributed by atoms with Crippen LogP contribution in [0, 0.1) is 0 Å². The Labute approximate surface area is 186 Å². The van der Waals surface area contributed by atoms with E-state index in [-0.39, 0.29) is 5.75 Å². The molecule has 0 bridgehead atoms. The summed E-state index contributed by atoms with van der Waals surface area (Å²) in [5.74, 6) is 1.12. The number of alkyl halides is 3. The quantitative estimate of drug-likeness (QED) is 0.386. The van der Waals surface area contributed by atoms with Crippen molar-refractivity contribution in [3.05, 3.63) is 71.8 Å². The van der Waals surface area contributed by atoms with E-state index in [2.05, 4.69) is 15.4 Å². The molecule has 3 aromatic rings. The molecule has 0 heterocycles. The van der Waals surface area contributed by atoms with Gasteiger partial charge in [-0.05, 0) is 78.9 Å². The first-order valence-corrected chi connectivity index (χ1v) is 9.56. The van der Waals surface area contributed by atoms with E-state index in [0.29, 0.717) is 38.8 Å². The second-order valence-electron chi connectivity index (χ2n) is 6.07. The van der Waals surface area contributed by atoms with Crippen LogP contribution < -0.4 is 24.8 Å². The summed E-state index contributed by atoms with van der Waals surface area (Å²) in [4.78, 5) is 0. The number of benzene rings is 3. The summed E-state index contributed by atoms with van der Waals surface area (Å²) in [6, 6.07) is 17.1. The summed E-state index contributed by atoms with van der Waals surface area (Å²) in [5.41, 5.74) is 1.31. The Morgan fingerprint density at radius 1 is 0.871 bits per heavy atom. The third-order valence-corrected chi connectivity index (χ3v) is 4.25. The van der Waals surface area contributed by atoms with Crippen LogP contribution in [0.3, 0.4) is 0 Å². The van der Waals surface area contributed by atoms with Crippen molar-refractivity contribution in [2.45, 2.75) is 6.36 Å². The topological polar surface area (TPSA) is 51.8 Å². The Morgan fingerprint density at radius 3 is 2.03 bits per heavy atom. The molecule has 0 aliphatic heterocycles.